The lowest BCUT2D eigenvalue weighted by molar-refractivity contribution is -0.160. The molecule has 0 aliphatic carbocycles. The van der Waals surface area contributed by atoms with Crippen molar-refractivity contribution in [1.82, 2.24) is 0 Å². The highest BCUT2D eigenvalue weighted by atomic mass is 16.6. The molecule has 0 bridgehead atoms. The first-order valence-corrected chi connectivity index (χ1v) is 6.43. The van der Waals surface area contributed by atoms with Crippen molar-refractivity contribution in [3.05, 3.63) is 35.9 Å². The zero-order valence-electron chi connectivity index (χ0n) is 12.1. The Bertz CT molecular complexity index is 398. The summed E-state index contributed by atoms with van der Waals surface area (Å²) in [6, 6.07) is 8.98. The summed E-state index contributed by atoms with van der Waals surface area (Å²) in [4.78, 5) is 11.8. The number of hydrogen-bond donors (Lipinski definition) is 1. The Hall–Kier alpha value is -1.39. The molecule has 1 aromatic carbocycles. The van der Waals surface area contributed by atoms with Gasteiger partial charge < -0.3 is 15.2 Å². The van der Waals surface area contributed by atoms with Crippen LogP contribution in [0.4, 0.5) is 0 Å². The van der Waals surface area contributed by atoms with Gasteiger partial charge in [0, 0.05) is 0 Å². The van der Waals surface area contributed by atoms with Gasteiger partial charge in [-0.3, -0.25) is 4.79 Å². The molecular formula is C15H23NO3. The fraction of sp³-hybridized carbons (Fsp3) is 0.533. The topological polar surface area (TPSA) is 61.5 Å². The lowest BCUT2D eigenvalue weighted by Gasteiger charge is -2.25. The molecule has 4 nitrogen and oxygen atoms in total. The largest absolute Gasteiger partial charge is 0.459 e. The second-order valence-corrected chi connectivity index (χ2v) is 5.56. The molecule has 0 saturated heterocycles. The first-order valence-electron chi connectivity index (χ1n) is 6.43. The van der Waals surface area contributed by atoms with E-state index in [1.165, 1.54) is 0 Å². The smallest absolute Gasteiger partial charge is 0.326 e. The van der Waals surface area contributed by atoms with Crippen molar-refractivity contribution in [1.29, 1.82) is 0 Å². The SMILES string of the molecule is C[C@H](OCc1ccccc1)[C@@H](N)C(=O)OC(C)(C)C. The molecule has 2 N–H and O–H groups in total. The van der Waals surface area contributed by atoms with Gasteiger partial charge in [0.05, 0.1) is 12.7 Å². The van der Waals surface area contributed by atoms with Crippen LogP contribution in [0.15, 0.2) is 30.3 Å². The van der Waals surface area contributed by atoms with Crippen LogP contribution >= 0.6 is 0 Å². The van der Waals surface area contributed by atoms with E-state index < -0.39 is 23.7 Å². The standard InChI is InChI=1S/C15H23NO3/c1-11(13(16)14(17)19-15(2,3)4)18-10-12-8-6-5-7-9-12/h5-9,11,13H,10,16H2,1-4H3/t11-,13+/m0/s1. The van der Waals surface area contributed by atoms with Gasteiger partial charge in [-0.15, -0.1) is 0 Å². The quantitative estimate of drug-likeness (QED) is 0.830. The highest BCUT2D eigenvalue weighted by Crippen LogP contribution is 2.11. The highest BCUT2D eigenvalue weighted by Gasteiger charge is 2.27. The zero-order valence-corrected chi connectivity index (χ0v) is 12.1. The minimum atomic E-state index is -0.775. The third-order valence-electron chi connectivity index (χ3n) is 2.54. The first-order chi connectivity index (χ1) is 8.79. The molecule has 106 valence electrons. The molecular weight excluding hydrogens is 242 g/mol. The van der Waals surface area contributed by atoms with E-state index in [1.807, 2.05) is 51.1 Å². The van der Waals surface area contributed by atoms with Crippen molar-refractivity contribution in [2.75, 3.05) is 0 Å². The van der Waals surface area contributed by atoms with Crippen LogP contribution in [0.5, 0.6) is 0 Å². The normalized spacial score (nSPS) is 14.8. The molecule has 0 aliphatic heterocycles. The molecule has 0 spiro atoms. The van der Waals surface area contributed by atoms with E-state index in [9.17, 15) is 4.79 Å². The number of benzene rings is 1. The molecule has 0 aromatic heterocycles. The van der Waals surface area contributed by atoms with Crippen LogP contribution < -0.4 is 5.73 Å². The fourth-order valence-corrected chi connectivity index (χ4v) is 1.47. The molecule has 19 heavy (non-hydrogen) atoms. The van der Waals surface area contributed by atoms with Crippen LogP contribution in [0.1, 0.15) is 33.3 Å². The Morgan fingerprint density at radius 3 is 2.37 bits per heavy atom. The van der Waals surface area contributed by atoms with Crippen LogP contribution in [0.25, 0.3) is 0 Å². The Labute approximate surface area is 114 Å². The van der Waals surface area contributed by atoms with Crippen LogP contribution in [-0.2, 0) is 20.9 Å². The maximum Gasteiger partial charge on any atom is 0.326 e. The number of carbonyl (C=O) groups excluding carboxylic acids is 1. The van der Waals surface area contributed by atoms with Crippen LogP contribution in [0.3, 0.4) is 0 Å². The minimum Gasteiger partial charge on any atom is -0.459 e. The molecule has 0 unspecified atom stereocenters. The third kappa shape index (κ3) is 5.85. The molecule has 0 heterocycles. The molecule has 0 radical (unpaired) electrons. The molecule has 0 saturated carbocycles. The lowest BCUT2D eigenvalue weighted by Crippen LogP contribution is -2.45. The fourth-order valence-electron chi connectivity index (χ4n) is 1.47. The van der Waals surface area contributed by atoms with Crippen molar-refractivity contribution in [2.24, 2.45) is 5.73 Å². The van der Waals surface area contributed by atoms with Crippen LogP contribution in [-0.4, -0.2) is 23.7 Å². The first kappa shape index (κ1) is 15.7. The number of nitrogens with two attached hydrogens (primary N) is 1. The van der Waals surface area contributed by atoms with Gasteiger partial charge in [0.25, 0.3) is 0 Å². The molecule has 2 atom stereocenters. The summed E-state index contributed by atoms with van der Waals surface area (Å²) in [5.74, 6) is -0.437. The van der Waals surface area contributed by atoms with E-state index in [1.54, 1.807) is 6.92 Å². The second kappa shape index (κ2) is 6.68. The molecule has 0 fully saturated rings. The van der Waals surface area contributed by atoms with Gasteiger partial charge in [0.15, 0.2) is 0 Å². The highest BCUT2D eigenvalue weighted by molar-refractivity contribution is 5.76. The number of rotatable bonds is 5. The third-order valence-corrected chi connectivity index (χ3v) is 2.54. The Morgan fingerprint density at radius 1 is 1.26 bits per heavy atom. The van der Waals surface area contributed by atoms with Crippen LogP contribution in [0.2, 0.25) is 0 Å². The van der Waals surface area contributed by atoms with E-state index >= 15 is 0 Å². The van der Waals surface area contributed by atoms with Crippen LogP contribution in [0, 0.1) is 0 Å². The molecule has 4 heteroatoms. The minimum absolute atomic E-state index is 0.393. The van der Waals surface area contributed by atoms with E-state index in [0.717, 1.165) is 5.56 Å². The second-order valence-electron chi connectivity index (χ2n) is 5.56. The summed E-state index contributed by atoms with van der Waals surface area (Å²) >= 11 is 0. The van der Waals surface area contributed by atoms with Gasteiger partial charge in [-0.25, -0.2) is 0 Å². The summed E-state index contributed by atoms with van der Waals surface area (Å²) < 4.78 is 10.8. The van der Waals surface area contributed by atoms with E-state index in [-0.39, 0.29) is 0 Å². The van der Waals surface area contributed by atoms with E-state index in [2.05, 4.69) is 0 Å². The summed E-state index contributed by atoms with van der Waals surface area (Å²) in [7, 11) is 0. The summed E-state index contributed by atoms with van der Waals surface area (Å²) in [6.07, 6.45) is -0.393. The van der Waals surface area contributed by atoms with E-state index in [0.29, 0.717) is 6.61 Å². The van der Waals surface area contributed by atoms with E-state index in [4.69, 9.17) is 15.2 Å². The van der Waals surface area contributed by atoms with Gasteiger partial charge >= 0.3 is 5.97 Å². The van der Waals surface area contributed by atoms with Crippen molar-refractivity contribution >= 4 is 5.97 Å². The summed E-state index contributed by atoms with van der Waals surface area (Å²) in [5.41, 5.74) is 6.35. The zero-order chi connectivity index (χ0) is 14.5. The number of esters is 1. The van der Waals surface area contributed by atoms with Gasteiger partial charge in [-0.05, 0) is 33.3 Å². The molecule has 0 amide bonds. The number of carbonyl (C=O) groups is 1. The van der Waals surface area contributed by atoms with Crippen molar-refractivity contribution in [3.8, 4) is 0 Å². The van der Waals surface area contributed by atoms with Crippen molar-refractivity contribution in [3.63, 3.8) is 0 Å². The van der Waals surface area contributed by atoms with Crippen molar-refractivity contribution in [2.45, 2.75) is 52.0 Å². The molecule has 0 aliphatic rings. The monoisotopic (exact) mass is 265 g/mol. The van der Waals surface area contributed by atoms with Gasteiger partial charge in [0.1, 0.15) is 11.6 Å². The average molecular weight is 265 g/mol. The van der Waals surface area contributed by atoms with Gasteiger partial charge in [0.2, 0.25) is 0 Å². The average Bonchev–Trinajstić information content (AvgIpc) is 2.34. The van der Waals surface area contributed by atoms with Gasteiger partial charge in [-0.2, -0.15) is 0 Å². The van der Waals surface area contributed by atoms with Gasteiger partial charge in [-0.1, -0.05) is 30.3 Å². The van der Waals surface area contributed by atoms with Crippen molar-refractivity contribution < 1.29 is 14.3 Å². The Morgan fingerprint density at radius 2 is 1.84 bits per heavy atom. The predicted octanol–water partition coefficient (Wildman–Crippen LogP) is 2.26. The summed E-state index contributed by atoms with van der Waals surface area (Å²) in [6.45, 7) is 7.64. The predicted molar refractivity (Wildman–Crippen MR) is 74.5 cm³/mol. The molecule has 1 rings (SSSR count). The summed E-state index contributed by atoms with van der Waals surface area (Å²) in [5, 5.41) is 0. The number of hydrogen-bond acceptors (Lipinski definition) is 4. The Kier molecular flexibility index (Phi) is 5.51. The Balaban J connectivity index is 2.44. The maximum absolute atomic E-state index is 11.8. The molecule has 1 aromatic rings. The maximum atomic E-state index is 11.8. The number of ether oxygens (including phenoxy) is 2. The lowest BCUT2D eigenvalue weighted by atomic mass is 10.1.